The quantitative estimate of drug-likeness (QED) is 0.0265. The molecule has 0 amide bonds. The van der Waals surface area contributed by atoms with Gasteiger partial charge in [0.25, 0.3) is 20.2 Å². The Morgan fingerprint density at radius 2 is 1.17 bits per heavy atom. The van der Waals surface area contributed by atoms with Crippen LogP contribution in [0.3, 0.4) is 0 Å². The number of nitrogens with two attached hydrogens (primary N) is 2. The number of unbranched alkanes of at least 4 members (excludes halogenated alkanes) is 2. The molecule has 0 aliphatic carbocycles. The highest BCUT2D eigenvalue weighted by molar-refractivity contribution is 7.99. The molecular formula is C40H55ClN6O10S3. The Morgan fingerprint density at radius 1 is 0.700 bits per heavy atom. The summed E-state index contributed by atoms with van der Waals surface area (Å²) in [6.07, 6.45) is 4.03. The van der Waals surface area contributed by atoms with Crippen molar-refractivity contribution in [2.45, 2.75) is 35.5 Å². The van der Waals surface area contributed by atoms with Crippen LogP contribution in [-0.4, -0.2) is 118 Å². The largest absolute Gasteiger partial charge is 0.494 e. The summed E-state index contributed by atoms with van der Waals surface area (Å²) in [4.78, 5) is 7.22. The van der Waals surface area contributed by atoms with Gasteiger partial charge in [-0.1, -0.05) is 35.5 Å². The summed E-state index contributed by atoms with van der Waals surface area (Å²) in [5, 5.41) is 31.2. The number of rotatable bonds is 18. The number of para-hydroxylation sites is 1. The monoisotopic (exact) mass is 910 g/mol. The van der Waals surface area contributed by atoms with Gasteiger partial charge in [-0.2, -0.15) is 16.8 Å². The molecule has 10 N–H and O–H groups in total. The van der Waals surface area contributed by atoms with Crippen LogP contribution in [-0.2, 0) is 20.2 Å². The number of nitrogens with one attached hydrogen (secondary N) is 2. The van der Waals surface area contributed by atoms with E-state index in [4.69, 9.17) is 62.7 Å². The number of aliphatic hydroxyl groups excluding tert-OH is 2. The Morgan fingerprint density at radius 3 is 1.58 bits per heavy atom. The van der Waals surface area contributed by atoms with Crippen molar-refractivity contribution in [3.8, 4) is 11.5 Å². The molecule has 1 heterocycles. The summed E-state index contributed by atoms with van der Waals surface area (Å²) in [5.74, 6) is 0.531. The average molecular weight is 912 g/mol. The third-order valence-corrected chi connectivity index (χ3v) is 10.7. The van der Waals surface area contributed by atoms with Gasteiger partial charge in [-0.05, 0) is 125 Å². The molecule has 0 fully saturated rings. The molecule has 20 heteroatoms. The predicted octanol–water partition coefficient (Wildman–Crippen LogP) is 5.51. The van der Waals surface area contributed by atoms with Crippen molar-refractivity contribution in [3.63, 3.8) is 0 Å². The zero-order valence-electron chi connectivity index (χ0n) is 33.5. The molecule has 0 aromatic heterocycles. The van der Waals surface area contributed by atoms with Crippen LogP contribution in [0.25, 0.3) is 0 Å². The SMILES string of the molecule is CN(C)CCCN1c2ccccc2Sc2ccc(Cl)cc21.N=C(N)c1ccc(OCCCCCOc2ccc(C(=N)N)cc2)cc1.O=S(=O)(O)CCO.O=S(=O)(O)CCO. The molecular weight excluding hydrogens is 856 g/mol. The van der Waals surface area contributed by atoms with Crippen molar-refractivity contribution in [1.29, 1.82) is 10.8 Å². The van der Waals surface area contributed by atoms with E-state index in [1.54, 1.807) is 24.3 Å². The molecule has 5 rings (SSSR count). The number of hydrogen-bond donors (Lipinski definition) is 8. The van der Waals surface area contributed by atoms with Gasteiger partial charge in [0.15, 0.2) is 0 Å². The number of aliphatic hydroxyl groups is 2. The molecule has 0 atom stereocenters. The molecule has 0 bridgehead atoms. The topological polar surface area (TPSA) is 274 Å². The van der Waals surface area contributed by atoms with Crippen LogP contribution in [0, 0.1) is 10.8 Å². The highest BCUT2D eigenvalue weighted by atomic mass is 35.5. The van der Waals surface area contributed by atoms with Gasteiger partial charge in [-0.3, -0.25) is 19.9 Å². The Labute approximate surface area is 362 Å². The molecule has 4 aromatic rings. The fraction of sp³-hybridized carbons (Fsp3) is 0.350. The molecule has 0 saturated carbocycles. The summed E-state index contributed by atoms with van der Waals surface area (Å²) in [5.41, 5.74) is 14.7. The van der Waals surface area contributed by atoms with Gasteiger partial charge in [0.1, 0.15) is 23.2 Å². The molecule has 1 aliphatic rings. The summed E-state index contributed by atoms with van der Waals surface area (Å²) in [7, 11) is -3.62. The number of ether oxygens (including phenoxy) is 2. The van der Waals surface area contributed by atoms with E-state index in [2.05, 4.69) is 60.3 Å². The molecule has 1 aliphatic heterocycles. The van der Waals surface area contributed by atoms with Crippen LogP contribution < -0.4 is 25.8 Å². The first-order valence-corrected chi connectivity index (χ1v) is 23.0. The van der Waals surface area contributed by atoms with E-state index in [9.17, 15) is 16.8 Å². The Hall–Kier alpha value is -4.44. The second-order valence-corrected chi connectivity index (χ2v) is 17.8. The molecule has 330 valence electrons. The van der Waals surface area contributed by atoms with Crippen LogP contribution in [0.4, 0.5) is 11.4 Å². The fourth-order valence-electron chi connectivity index (χ4n) is 5.04. The smallest absolute Gasteiger partial charge is 0.267 e. The lowest BCUT2D eigenvalue weighted by atomic mass is 10.2. The second kappa shape index (κ2) is 26.7. The zero-order valence-corrected chi connectivity index (χ0v) is 36.7. The predicted molar refractivity (Wildman–Crippen MR) is 239 cm³/mol. The lowest BCUT2D eigenvalue weighted by Crippen LogP contribution is -2.25. The molecule has 60 heavy (non-hydrogen) atoms. The van der Waals surface area contributed by atoms with Crippen molar-refractivity contribution in [2.24, 2.45) is 11.5 Å². The molecule has 0 saturated heterocycles. The number of benzene rings is 4. The van der Waals surface area contributed by atoms with E-state index in [1.807, 2.05) is 42.1 Å². The van der Waals surface area contributed by atoms with Crippen LogP contribution in [0.1, 0.15) is 36.8 Å². The number of hydrogen-bond acceptors (Lipinski definition) is 13. The van der Waals surface area contributed by atoms with Gasteiger partial charge in [-0.25, -0.2) is 0 Å². The van der Waals surface area contributed by atoms with E-state index >= 15 is 0 Å². The number of fused-ring (bicyclic) bond motifs is 2. The number of halogens is 1. The van der Waals surface area contributed by atoms with Gasteiger partial charge in [0.2, 0.25) is 0 Å². The molecule has 0 unspecified atom stereocenters. The maximum Gasteiger partial charge on any atom is 0.267 e. The lowest BCUT2D eigenvalue weighted by Gasteiger charge is -2.33. The highest BCUT2D eigenvalue weighted by Gasteiger charge is 2.23. The van der Waals surface area contributed by atoms with Crippen molar-refractivity contribution >= 4 is 66.6 Å². The third-order valence-electron chi connectivity index (χ3n) is 7.93. The maximum absolute atomic E-state index is 9.63. The standard InChI is InChI=1S/C19H24N4O2.C17H19ClN2S.2C2H6O4S/c20-18(21)14-4-8-16(9-5-14)24-12-2-1-3-13-25-17-10-6-15(7-11-17)19(22)23;1-19(2)10-5-11-20-14-6-3-4-7-16(14)21-17-9-8-13(18)12-15(17)20;2*3-1-2-7(4,5)6/h4-11H,1-3,12-13H2,(H3,20,21)(H3,22,23);3-4,6-9,12H,5,10-11H2,1-2H3;2*3H,1-2H2,(H,4,5,6). The summed E-state index contributed by atoms with van der Waals surface area (Å²) in [6.45, 7) is 2.32. The number of anilines is 2. The molecule has 0 radical (unpaired) electrons. The minimum Gasteiger partial charge on any atom is -0.494 e. The fourth-order valence-corrected chi connectivity index (χ4v) is 6.75. The number of nitrogen functional groups attached to an aromatic ring is 2. The Balaban J connectivity index is 0.000000317. The number of amidine groups is 2. The molecule has 0 spiro atoms. The third kappa shape index (κ3) is 21.2. The first kappa shape index (κ1) is 51.7. The van der Waals surface area contributed by atoms with E-state index in [0.717, 1.165) is 55.3 Å². The van der Waals surface area contributed by atoms with Gasteiger partial charge >= 0.3 is 0 Å². The van der Waals surface area contributed by atoms with Crippen LogP contribution in [0.15, 0.2) is 101 Å². The second-order valence-electron chi connectivity index (χ2n) is 13.1. The van der Waals surface area contributed by atoms with Crippen LogP contribution >= 0.6 is 23.4 Å². The van der Waals surface area contributed by atoms with Gasteiger partial charge in [-0.15, -0.1) is 0 Å². The van der Waals surface area contributed by atoms with E-state index < -0.39 is 45.0 Å². The average Bonchev–Trinajstić information content (AvgIpc) is 3.17. The molecule has 16 nitrogen and oxygen atoms in total. The van der Waals surface area contributed by atoms with Crippen molar-refractivity contribution in [2.75, 3.05) is 70.0 Å². The van der Waals surface area contributed by atoms with Crippen molar-refractivity contribution in [3.05, 3.63) is 107 Å². The Bertz CT molecular complexity index is 2050. The van der Waals surface area contributed by atoms with E-state index in [-0.39, 0.29) is 11.7 Å². The van der Waals surface area contributed by atoms with E-state index in [0.29, 0.717) is 24.3 Å². The highest BCUT2D eigenvalue weighted by Crippen LogP contribution is 2.48. The van der Waals surface area contributed by atoms with Crippen LogP contribution in [0.2, 0.25) is 5.02 Å². The first-order chi connectivity index (χ1) is 28.3. The minimum absolute atomic E-state index is 0.0579. The van der Waals surface area contributed by atoms with Gasteiger partial charge in [0.05, 0.1) is 49.3 Å². The maximum atomic E-state index is 9.63. The van der Waals surface area contributed by atoms with Gasteiger partial charge in [0, 0.05) is 32.5 Å². The van der Waals surface area contributed by atoms with Crippen LogP contribution in [0.5, 0.6) is 11.5 Å². The molecule has 4 aromatic carbocycles. The lowest BCUT2D eigenvalue weighted by molar-refractivity contribution is 0.279. The first-order valence-electron chi connectivity index (χ1n) is 18.6. The summed E-state index contributed by atoms with van der Waals surface area (Å²) >= 11 is 8.03. The summed E-state index contributed by atoms with van der Waals surface area (Å²) < 4.78 is 65.5. The van der Waals surface area contributed by atoms with E-state index in [1.165, 1.54) is 21.2 Å². The zero-order chi connectivity index (χ0) is 44.7. The normalized spacial score (nSPS) is 11.6. The minimum atomic E-state index is -3.92. The van der Waals surface area contributed by atoms with Crippen molar-refractivity contribution < 1.29 is 45.6 Å². The van der Waals surface area contributed by atoms with Crippen molar-refractivity contribution in [1.82, 2.24) is 4.90 Å². The van der Waals surface area contributed by atoms with Gasteiger partial charge < -0.3 is 41.0 Å². The Kier molecular flexibility index (Phi) is 23.0. The summed E-state index contributed by atoms with van der Waals surface area (Å²) in [6, 6.07) is 29.2. The number of nitrogens with zero attached hydrogens (tertiary/aromatic N) is 2.